The van der Waals surface area contributed by atoms with E-state index in [9.17, 15) is 4.79 Å². The highest BCUT2D eigenvalue weighted by molar-refractivity contribution is 5.96. The van der Waals surface area contributed by atoms with Crippen molar-refractivity contribution in [2.24, 2.45) is 5.73 Å². The maximum atomic E-state index is 12.3. The first-order valence-electron chi connectivity index (χ1n) is 6.78. The van der Waals surface area contributed by atoms with E-state index in [1.54, 1.807) is 0 Å². The van der Waals surface area contributed by atoms with E-state index in [4.69, 9.17) is 5.73 Å². The molecule has 96 valence electrons. The molecule has 0 radical (unpaired) electrons. The number of fused-ring (bicyclic) bond motifs is 2. The maximum Gasteiger partial charge on any atom is 0.227 e. The van der Waals surface area contributed by atoms with Crippen LogP contribution >= 0.6 is 0 Å². The molecule has 1 atom stereocenters. The summed E-state index contributed by atoms with van der Waals surface area (Å²) in [6.07, 6.45) is 3.77. The second-order valence-electron chi connectivity index (χ2n) is 5.79. The molecule has 1 fully saturated rings. The Morgan fingerprint density at radius 1 is 1.44 bits per heavy atom. The van der Waals surface area contributed by atoms with Gasteiger partial charge in [-0.2, -0.15) is 0 Å². The standard InChI is InChI=1S/C15H20N2O/c1-11(16)6-7-14(18)17-10-15(8-9-15)12-4-2-3-5-13(12)17/h2-5,11H,6-10,16H2,1H3. The van der Waals surface area contributed by atoms with Gasteiger partial charge in [0.15, 0.2) is 0 Å². The van der Waals surface area contributed by atoms with E-state index in [2.05, 4.69) is 18.2 Å². The van der Waals surface area contributed by atoms with Gasteiger partial charge in [0.05, 0.1) is 0 Å². The first kappa shape index (κ1) is 11.7. The molecule has 3 heteroatoms. The number of nitrogens with two attached hydrogens (primary N) is 1. The van der Waals surface area contributed by atoms with Crippen molar-refractivity contribution < 1.29 is 4.79 Å². The third-order valence-electron chi connectivity index (χ3n) is 4.20. The molecule has 18 heavy (non-hydrogen) atoms. The number of carbonyl (C=O) groups excluding carboxylic acids is 1. The molecule has 0 aromatic heterocycles. The second kappa shape index (κ2) is 4.09. The summed E-state index contributed by atoms with van der Waals surface area (Å²) in [6, 6.07) is 8.45. The molecular formula is C15H20N2O. The minimum absolute atomic E-state index is 0.0988. The van der Waals surface area contributed by atoms with Crippen molar-refractivity contribution >= 4 is 11.6 Å². The Bertz CT molecular complexity index is 477. The predicted molar refractivity (Wildman–Crippen MR) is 72.6 cm³/mol. The largest absolute Gasteiger partial charge is 0.328 e. The highest BCUT2D eigenvalue weighted by atomic mass is 16.2. The third kappa shape index (κ3) is 1.83. The van der Waals surface area contributed by atoms with Crippen LogP contribution in [0.1, 0.15) is 38.2 Å². The lowest BCUT2D eigenvalue weighted by Gasteiger charge is -2.18. The maximum absolute atomic E-state index is 12.3. The molecule has 1 unspecified atom stereocenters. The number of rotatable bonds is 3. The van der Waals surface area contributed by atoms with Gasteiger partial charge in [0.1, 0.15) is 0 Å². The van der Waals surface area contributed by atoms with Crippen LogP contribution in [0.4, 0.5) is 5.69 Å². The Hall–Kier alpha value is -1.35. The van der Waals surface area contributed by atoms with E-state index in [0.717, 1.165) is 18.7 Å². The molecule has 1 saturated carbocycles. The van der Waals surface area contributed by atoms with Crippen molar-refractivity contribution in [2.45, 2.75) is 44.1 Å². The van der Waals surface area contributed by atoms with Gasteiger partial charge in [-0.15, -0.1) is 0 Å². The molecule has 1 spiro atoms. The van der Waals surface area contributed by atoms with Gasteiger partial charge in [-0.05, 0) is 37.8 Å². The quantitative estimate of drug-likeness (QED) is 0.886. The Morgan fingerprint density at radius 2 is 2.17 bits per heavy atom. The summed E-state index contributed by atoms with van der Waals surface area (Å²) in [5, 5.41) is 0. The summed E-state index contributed by atoms with van der Waals surface area (Å²) in [7, 11) is 0. The molecule has 0 saturated heterocycles. The van der Waals surface area contributed by atoms with Gasteiger partial charge in [-0.3, -0.25) is 4.79 Å². The van der Waals surface area contributed by atoms with Crippen molar-refractivity contribution in [3.05, 3.63) is 29.8 Å². The first-order chi connectivity index (χ1) is 8.62. The average Bonchev–Trinajstić information content (AvgIpc) is 3.06. The number of hydrogen-bond acceptors (Lipinski definition) is 2. The number of para-hydroxylation sites is 1. The fourth-order valence-corrected chi connectivity index (χ4v) is 2.92. The van der Waals surface area contributed by atoms with Gasteiger partial charge in [0.25, 0.3) is 0 Å². The monoisotopic (exact) mass is 244 g/mol. The Morgan fingerprint density at radius 3 is 2.83 bits per heavy atom. The number of amides is 1. The number of nitrogens with zero attached hydrogens (tertiary/aromatic N) is 1. The molecule has 1 aliphatic carbocycles. The Kier molecular flexibility index (Phi) is 2.67. The van der Waals surface area contributed by atoms with Crippen LogP contribution in [0.25, 0.3) is 0 Å². The Balaban J connectivity index is 1.81. The summed E-state index contributed by atoms with van der Waals surface area (Å²) in [5.41, 5.74) is 8.52. The Labute approximate surface area is 108 Å². The molecule has 1 aliphatic heterocycles. The number of anilines is 1. The van der Waals surface area contributed by atoms with Crippen LogP contribution in [-0.2, 0) is 10.2 Å². The summed E-state index contributed by atoms with van der Waals surface area (Å²) in [4.78, 5) is 14.3. The van der Waals surface area contributed by atoms with Gasteiger partial charge in [0.2, 0.25) is 5.91 Å². The highest BCUT2D eigenvalue weighted by Crippen LogP contribution is 2.56. The third-order valence-corrected chi connectivity index (χ3v) is 4.20. The van der Waals surface area contributed by atoms with Crippen LogP contribution in [-0.4, -0.2) is 18.5 Å². The van der Waals surface area contributed by atoms with E-state index < -0.39 is 0 Å². The van der Waals surface area contributed by atoms with Crippen molar-refractivity contribution in [1.29, 1.82) is 0 Å². The van der Waals surface area contributed by atoms with Crippen LogP contribution < -0.4 is 10.6 Å². The summed E-state index contributed by atoms with van der Waals surface area (Å²) in [5.74, 6) is 0.225. The molecule has 2 aliphatic rings. The summed E-state index contributed by atoms with van der Waals surface area (Å²) >= 11 is 0. The molecule has 3 nitrogen and oxygen atoms in total. The molecule has 1 aromatic rings. The van der Waals surface area contributed by atoms with Gasteiger partial charge in [-0.25, -0.2) is 0 Å². The van der Waals surface area contributed by atoms with Gasteiger partial charge in [-0.1, -0.05) is 18.2 Å². The minimum Gasteiger partial charge on any atom is -0.328 e. The van der Waals surface area contributed by atoms with E-state index in [1.807, 2.05) is 17.9 Å². The van der Waals surface area contributed by atoms with Crippen LogP contribution in [0.5, 0.6) is 0 Å². The minimum atomic E-state index is 0.0988. The zero-order valence-corrected chi connectivity index (χ0v) is 10.9. The summed E-state index contributed by atoms with van der Waals surface area (Å²) in [6.45, 7) is 2.83. The second-order valence-corrected chi connectivity index (χ2v) is 5.79. The normalized spacial score (nSPS) is 20.9. The lowest BCUT2D eigenvalue weighted by molar-refractivity contribution is -0.118. The van der Waals surface area contributed by atoms with E-state index in [0.29, 0.717) is 11.8 Å². The van der Waals surface area contributed by atoms with Crippen LogP contribution in [0, 0.1) is 0 Å². The van der Waals surface area contributed by atoms with Gasteiger partial charge >= 0.3 is 0 Å². The zero-order chi connectivity index (χ0) is 12.8. The van der Waals surface area contributed by atoms with Crippen molar-refractivity contribution in [3.63, 3.8) is 0 Å². The van der Waals surface area contributed by atoms with E-state index >= 15 is 0 Å². The lowest BCUT2D eigenvalue weighted by atomic mass is 9.99. The van der Waals surface area contributed by atoms with Crippen LogP contribution in [0.3, 0.4) is 0 Å². The lowest BCUT2D eigenvalue weighted by Crippen LogP contribution is -2.32. The summed E-state index contributed by atoms with van der Waals surface area (Å²) < 4.78 is 0. The van der Waals surface area contributed by atoms with Gasteiger partial charge < -0.3 is 10.6 Å². The van der Waals surface area contributed by atoms with Crippen molar-refractivity contribution in [1.82, 2.24) is 0 Å². The number of benzene rings is 1. The fraction of sp³-hybridized carbons (Fsp3) is 0.533. The molecule has 1 amide bonds. The topological polar surface area (TPSA) is 46.3 Å². The zero-order valence-electron chi connectivity index (χ0n) is 10.9. The van der Waals surface area contributed by atoms with E-state index in [1.165, 1.54) is 18.4 Å². The van der Waals surface area contributed by atoms with Crippen LogP contribution in [0.2, 0.25) is 0 Å². The molecule has 2 N–H and O–H groups in total. The predicted octanol–water partition coefficient (Wildman–Crippen LogP) is 2.19. The first-order valence-corrected chi connectivity index (χ1v) is 6.78. The fourth-order valence-electron chi connectivity index (χ4n) is 2.92. The van der Waals surface area contributed by atoms with Crippen molar-refractivity contribution in [2.75, 3.05) is 11.4 Å². The highest BCUT2D eigenvalue weighted by Gasteiger charge is 2.52. The SMILES string of the molecule is CC(N)CCC(=O)N1CC2(CC2)c2ccccc21. The molecular weight excluding hydrogens is 224 g/mol. The number of carbonyl (C=O) groups is 1. The smallest absolute Gasteiger partial charge is 0.227 e. The van der Waals surface area contributed by atoms with E-state index in [-0.39, 0.29) is 11.9 Å². The average molecular weight is 244 g/mol. The van der Waals surface area contributed by atoms with Crippen molar-refractivity contribution in [3.8, 4) is 0 Å². The molecule has 1 aromatic carbocycles. The molecule has 0 bridgehead atoms. The van der Waals surface area contributed by atoms with Gasteiger partial charge in [0, 0.05) is 30.1 Å². The number of hydrogen-bond donors (Lipinski definition) is 1. The molecule has 3 rings (SSSR count). The van der Waals surface area contributed by atoms with Crippen LogP contribution in [0.15, 0.2) is 24.3 Å². The molecule has 1 heterocycles.